The van der Waals surface area contributed by atoms with Crippen LogP contribution >= 0.6 is 0 Å². The standard InChI is InChI=1S/C12H22N4O2/c1-4-9(2)13-12(18)10(3)16-8-11(14-15-16)6-5-7-17/h8-10,17H,4-7H2,1-3H3,(H,13,18). The third kappa shape index (κ3) is 4.10. The van der Waals surface area contributed by atoms with Crippen molar-refractivity contribution in [3.63, 3.8) is 0 Å². The lowest BCUT2D eigenvalue weighted by atomic mass is 10.2. The van der Waals surface area contributed by atoms with Crippen molar-refractivity contribution in [2.75, 3.05) is 6.61 Å². The van der Waals surface area contributed by atoms with E-state index in [0.717, 1.165) is 12.1 Å². The fourth-order valence-electron chi connectivity index (χ4n) is 1.46. The molecule has 2 N–H and O–H groups in total. The highest BCUT2D eigenvalue weighted by molar-refractivity contribution is 5.79. The number of hydrogen-bond donors (Lipinski definition) is 2. The lowest BCUT2D eigenvalue weighted by molar-refractivity contribution is -0.124. The molecular weight excluding hydrogens is 232 g/mol. The van der Waals surface area contributed by atoms with Crippen LogP contribution in [-0.4, -0.2) is 38.7 Å². The first-order chi connectivity index (χ1) is 8.58. The van der Waals surface area contributed by atoms with E-state index in [1.807, 2.05) is 13.8 Å². The van der Waals surface area contributed by atoms with Crippen LogP contribution < -0.4 is 5.32 Å². The monoisotopic (exact) mass is 254 g/mol. The summed E-state index contributed by atoms with van der Waals surface area (Å²) in [5.41, 5.74) is 0.798. The van der Waals surface area contributed by atoms with Crippen LogP contribution in [0.4, 0.5) is 0 Å². The van der Waals surface area contributed by atoms with Gasteiger partial charge in [0, 0.05) is 18.8 Å². The van der Waals surface area contributed by atoms with Gasteiger partial charge >= 0.3 is 0 Å². The number of aromatic nitrogens is 3. The molecular formula is C12H22N4O2. The van der Waals surface area contributed by atoms with E-state index in [9.17, 15) is 4.79 Å². The van der Waals surface area contributed by atoms with E-state index in [2.05, 4.69) is 15.6 Å². The molecule has 1 aromatic heterocycles. The molecule has 1 amide bonds. The number of aliphatic hydroxyl groups is 1. The van der Waals surface area contributed by atoms with Crippen molar-refractivity contribution >= 4 is 5.91 Å². The highest BCUT2D eigenvalue weighted by Crippen LogP contribution is 2.07. The number of nitrogens with zero attached hydrogens (tertiary/aromatic N) is 3. The number of hydrogen-bond acceptors (Lipinski definition) is 4. The van der Waals surface area contributed by atoms with Gasteiger partial charge in [-0.2, -0.15) is 0 Å². The maximum absolute atomic E-state index is 11.9. The van der Waals surface area contributed by atoms with Gasteiger partial charge in [-0.25, -0.2) is 4.68 Å². The van der Waals surface area contributed by atoms with Gasteiger partial charge in [0.1, 0.15) is 6.04 Å². The molecule has 0 radical (unpaired) electrons. The van der Waals surface area contributed by atoms with E-state index >= 15 is 0 Å². The quantitative estimate of drug-likeness (QED) is 0.750. The summed E-state index contributed by atoms with van der Waals surface area (Å²) in [6.07, 6.45) is 4.00. The second-order valence-electron chi connectivity index (χ2n) is 4.51. The van der Waals surface area contributed by atoms with Crippen LogP contribution in [0, 0.1) is 0 Å². The highest BCUT2D eigenvalue weighted by Gasteiger charge is 2.17. The number of aryl methyl sites for hydroxylation is 1. The van der Waals surface area contributed by atoms with Crippen LogP contribution in [0.1, 0.15) is 45.3 Å². The van der Waals surface area contributed by atoms with E-state index in [0.29, 0.717) is 12.8 Å². The molecule has 0 fully saturated rings. The minimum Gasteiger partial charge on any atom is -0.396 e. The van der Waals surface area contributed by atoms with Gasteiger partial charge in [0.05, 0.1) is 5.69 Å². The van der Waals surface area contributed by atoms with Crippen molar-refractivity contribution < 1.29 is 9.90 Å². The molecule has 0 bridgehead atoms. The average Bonchev–Trinajstić information content (AvgIpc) is 2.83. The average molecular weight is 254 g/mol. The Kier molecular flexibility index (Phi) is 5.77. The van der Waals surface area contributed by atoms with E-state index in [4.69, 9.17) is 5.11 Å². The first-order valence-corrected chi connectivity index (χ1v) is 6.40. The largest absolute Gasteiger partial charge is 0.396 e. The molecule has 18 heavy (non-hydrogen) atoms. The molecule has 0 aliphatic rings. The lowest BCUT2D eigenvalue weighted by Gasteiger charge is -2.15. The number of amides is 1. The van der Waals surface area contributed by atoms with E-state index in [-0.39, 0.29) is 24.6 Å². The summed E-state index contributed by atoms with van der Waals surface area (Å²) in [5, 5.41) is 19.6. The first-order valence-electron chi connectivity index (χ1n) is 6.40. The third-order valence-electron chi connectivity index (χ3n) is 2.93. The summed E-state index contributed by atoms with van der Waals surface area (Å²) in [6.45, 7) is 5.93. The third-order valence-corrected chi connectivity index (χ3v) is 2.93. The summed E-state index contributed by atoms with van der Waals surface area (Å²) < 4.78 is 1.56. The molecule has 1 rings (SSSR count). The molecule has 2 unspecified atom stereocenters. The summed E-state index contributed by atoms with van der Waals surface area (Å²) in [4.78, 5) is 11.9. The molecule has 0 aromatic carbocycles. The van der Waals surface area contributed by atoms with Gasteiger partial charge in [-0.3, -0.25) is 4.79 Å². The second kappa shape index (κ2) is 7.10. The van der Waals surface area contributed by atoms with Crippen molar-refractivity contribution in [2.24, 2.45) is 0 Å². The minimum atomic E-state index is -0.366. The Labute approximate surface area is 107 Å². The van der Waals surface area contributed by atoms with Gasteiger partial charge in [-0.15, -0.1) is 5.10 Å². The van der Waals surface area contributed by atoms with Crippen LogP contribution in [0.3, 0.4) is 0 Å². The van der Waals surface area contributed by atoms with Crippen molar-refractivity contribution in [2.45, 2.75) is 52.1 Å². The zero-order valence-electron chi connectivity index (χ0n) is 11.3. The van der Waals surface area contributed by atoms with Gasteiger partial charge in [0.15, 0.2) is 0 Å². The number of carbonyl (C=O) groups excluding carboxylic acids is 1. The predicted octanol–water partition coefficient (Wildman–Crippen LogP) is 0.679. The van der Waals surface area contributed by atoms with Crippen LogP contribution in [0.15, 0.2) is 6.20 Å². The van der Waals surface area contributed by atoms with Gasteiger partial charge in [-0.1, -0.05) is 12.1 Å². The van der Waals surface area contributed by atoms with Gasteiger partial charge in [0.2, 0.25) is 5.91 Å². The van der Waals surface area contributed by atoms with Crippen molar-refractivity contribution in [1.82, 2.24) is 20.3 Å². The Bertz CT molecular complexity index is 378. The van der Waals surface area contributed by atoms with E-state index in [1.54, 1.807) is 17.8 Å². The highest BCUT2D eigenvalue weighted by atomic mass is 16.2. The van der Waals surface area contributed by atoms with Crippen LogP contribution in [-0.2, 0) is 11.2 Å². The van der Waals surface area contributed by atoms with Crippen molar-refractivity contribution in [3.8, 4) is 0 Å². The smallest absolute Gasteiger partial charge is 0.244 e. The Morgan fingerprint density at radius 3 is 2.89 bits per heavy atom. The molecule has 0 aliphatic heterocycles. The fourth-order valence-corrected chi connectivity index (χ4v) is 1.46. The molecule has 6 nitrogen and oxygen atoms in total. The summed E-state index contributed by atoms with van der Waals surface area (Å²) in [7, 11) is 0. The predicted molar refractivity (Wildman–Crippen MR) is 68.0 cm³/mol. The van der Waals surface area contributed by atoms with Crippen LogP contribution in [0.5, 0.6) is 0 Å². The number of carbonyl (C=O) groups is 1. The molecule has 0 saturated heterocycles. The zero-order valence-corrected chi connectivity index (χ0v) is 11.3. The topological polar surface area (TPSA) is 80.0 Å². The Morgan fingerprint density at radius 2 is 2.28 bits per heavy atom. The number of nitrogens with one attached hydrogen (secondary N) is 1. The Balaban J connectivity index is 2.57. The van der Waals surface area contributed by atoms with Crippen molar-refractivity contribution in [1.29, 1.82) is 0 Å². The Hall–Kier alpha value is -1.43. The molecule has 0 saturated carbocycles. The van der Waals surface area contributed by atoms with Crippen LogP contribution in [0.2, 0.25) is 0 Å². The van der Waals surface area contributed by atoms with Crippen molar-refractivity contribution in [3.05, 3.63) is 11.9 Å². The second-order valence-corrected chi connectivity index (χ2v) is 4.51. The SMILES string of the molecule is CCC(C)NC(=O)C(C)n1cc(CCCO)nn1. The maximum Gasteiger partial charge on any atom is 0.244 e. The maximum atomic E-state index is 11.9. The molecule has 2 atom stereocenters. The molecule has 102 valence electrons. The van der Waals surface area contributed by atoms with E-state index < -0.39 is 0 Å². The lowest BCUT2D eigenvalue weighted by Crippen LogP contribution is -2.37. The molecule has 1 heterocycles. The van der Waals surface area contributed by atoms with Gasteiger partial charge in [-0.05, 0) is 33.1 Å². The van der Waals surface area contributed by atoms with E-state index in [1.165, 1.54) is 0 Å². The van der Waals surface area contributed by atoms with Crippen LogP contribution in [0.25, 0.3) is 0 Å². The van der Waals surface area contributed by atoms with Gasteiger partial charge < -0.3 is 10.4 Å². The molecule has 0 aliphatic carbocycles. The number of aliphatic hydroxyl groups excluding tert-OH is 1. The minimum absolute atomic E-state index is 0.0528. The van der Waals surface area contributed by atoms with Gasteiger partial charge in [0.25, 0.3) is 0 Å². The summed E-state index contributed by atoms with van der Waals surface area (Å²) in [5.74, 6) is -0.0528. The number of rotatable bonds is 7. The first kappa shape index (κ1) is 14.6. The Morgan fingerprint density at radius 1 is 1.56 bits per heavy atom. The fraction of sp³-hybridized carbons (Fsp3) is 0.750. The molecule has 0 spiro atoms. The summed E-state index contributed by atoms with van der Waals surface area (Å²) >= 11 is 0. The zero-order chi connectivity index (χ0) is 13.5. The normalized spacial score (nSPS) is 14.2. The molecule has 1 aromatic rings. The molecule has 6 heteroatoms. The summed E-state index contributed by atoms with van der Waals surface area (Å²) in [6, 6.07) is -0.202.